The first-order valence-corrected chi connectivity index (χ1v) is 9.50. The second kappa shape index (κ2) is 6.27. The average Bonchev–Trinajstić information content (AvgIpc) is 3.37. The maximum Gasteiger partial charge on any atom is 0.274 e. The first-order chi connectivity index (χ1) is 13.5. The van der Waals surface area contributed by atoms with Gasteiger partial charge in [-0.2, -0.15) is 0 Å². The van der Waals surface area contributed by atoms with Gasteiger partial charge in [0, 0.05) is 11.9 Å². The summed E-state index contributed by atoms with van der Waals surface area (Å²) in [6, 6.07) is 9.82. The van der Waals surface area contributed by atoms with Crippen molar-refractivity contribution >= 4 is 40.7 Å². The van der Waals surface area contributed by atoms with Gasteiger partial charge in [0.15, 0.2) is 0 Å². The summed E-state index contributed by atoms with van der Waals surface area (Å²) in [5.41, 5.74) is 1.11. The molecule has 28 heavy (non-hydrogen) atoms. The monoisotopic (exact) mass is 393 g/mol. The van der Waals surface area contributed by atoms with E-state index in [9.17, 15) is 14.4 Å². The lowest BCUT2D eigenvalue weighted by atomic mass is 9.85. The van der Waals surface area contributed by atoms with Gasteiger partial charge in [0.2, 0.25) is 11.8 Å². The smallest absolute Gasteiger partial charge is 0.274 e. The molecule has 1 aromatic heterocycles. The maximum absolute atomic E-state index is 12.9. The Morgan fingerprint density at radius 1 is 1.07 bits per heavy atom. The summed E-state index contributed by atoms with van der Waals surface area (Å²) in [7, 11) is 0. The van der Waals surface area contributed by atoms with E-state index in [2.05, 4.69) is 22.5 Å². The van der Waals surface area contributed by atoms with Crippen molar-refractivity contribution in [1.82, 2.24) is 4.98 Å². The van der Waals surface area contributed by atoms with Crippen molar-refractivity contribution in [1.29, 1.82) is 0 Å². The lowest BCUT2D eigenvalue weighted by Gasteiger charge is -2.19. The van der Waals surface area contributed by atoms with E-state index in [1.807, 2.05) is 0 Å². The van der Waals surface area contributed by atoms with Crippen LogP contribution in [0.25, 0.3) is 0 Å². The van der Waals surface area contributed by atoms with E-state index in [1.165, 1.54) is 11.1 Å². The molecule has 2 fully saturated rings. The zero-order valence-electron chi connectivity index (χ0n) is 14.7. The van der Waals surface area contributed by atoms with Gasteiger partial charge >= 0.3 is 0 Å². The minimum absolute atomic E-state index is 0.146. The van der Waals surface area contributed by atoms with Crippen LogP contribution >= 0.6 is 11.6 Å². The van der Waals surface area contributed by atoms with Crippen LogP contribution < -0.4 is 10.2 Å². The highest BCUT2D eigenvalue weighted by Gasteiger charge is 2.59. The average molecular weight is 394 g/mol. The van der Waals surface area contributed by atoms with E-state index in [4.69, 9.17) is 11.6 Å². The number of amides is 3. The molecule has 2 aliphatic carbocycles. The molecule has 1 aromatic carbocycles. The number of benzene rings is 1. The molecule has 0 spiro atoms. The predicted octanol–water partition coefficient (Wildman–Crippen LogP) is 3.30. The van der Waals surface area contributed by atoms with Crippen LogP contribution in [0.3, 0.4) is 0 Å². The highest BCUT2D eigenvalue weighted by atomic mass is 35.5. The van der Waals surface area contributed by atoms with Crippen molar-refractivity contribution in [2.24, 2.45) is 23.7 Å². The number of anilines is 2. The van der Waals surface area contributed by atoms with Gasteiger partial charge in [-0.25, -0.2) is 4.90 Å². The van der Waals surface area contributed by atoms with Gasteiger partial charge in [-0.15, -0.1) is 0 Å². The molecule has 2 aromatic rings. The lowest BCUT2D eigenvalue weighted by molar-refractivity contribution is -0.123. The number of nitrogens with zero attached hydrogens (tertiary/aromatic N) is 2. The Balaban J connectivity index is 1.39. The number of fused-ring (bicyclic) bond motifs is 5. The van der Waals surface area contributed by atoms with E-state index in [0.29, 0.717) is 11.4 Å². The molecule has 3 amide bonds. The number of pyridine rings is 1. The SMILES string of the molecule is O=C(Nc1ccc(N2C(=O)[C@@H]3[C@H](C2=O)[C@@H]2C=C[C@H]3C2)c(Cl)c1)c1ccccn1. The van der Waals surface area contributed by atoms with Gasteiger partial charge in [-0.3, -0.25) is 19.4 Å². The Hall–Kier alpha value is -2.99. The van der Waals surface area contributed by atoms with Gasteiger partial charge in [0.1, 0.15) is 5.69 Å². The van der Waals surface area contributed by atoms with Crippen molar-refractivity contribution < 1.29 is 14.4 Å². The summed E-state index contributed by atoms with van der Waals surface area (Å²) < 4.78 is 0. The van der Waals surface area contributed by atoms with Crippen molar-refractivity contribution in [2.45, 2.75) is 6.42 Å². The van der Waals surface area contributed by atoms with Gasteiger partial charge < -0.3 is 5.32 Å². The lowest BCUT2D eigenvalue weighted by Crippen LogP contribution is -2.33. The molecule has 6 nitrogen and oxygen atoms in total. The molecule has 0 unspecified atom stereocenters. The summed E-state index contributed by atoms with van der Waals surface area (Å²) in [4.78, 5) is 43.3. The molecule has 1 saturated heterocycles. The molecule has 7 heteroatoms. The Labute approximate surface area is 166 Å². The van der Waals surface area contributed by atoms with Crippen LogP contribution in [0, 0.1) is 23.7 Å². The van der Waals surface area contributed by atoms with E-state index >= 15 is 0 Å². The van der Waals surface area contributed by atoms with Crippen LogP contribution in [0.4, 0.5) is 11.4 Å². The molecule has 1 N–H and O–H groups in total. The topological polar surface area (TPSA) is 79.4 Å². The standard InChI is InChI=1S/C21H16ClN3O3/c22-14-10-13(24-19(26)15-3-1-2-8-23-15)6-7-16(14)25-20(27)17-11-4-5-12(9-11)18(17)21(25)28/h1-8,10-12,17-18H,9H2,(H,24,26)/t11-,12+,17-,18+. The van der Waals surface area contributed by atoms with E-state index in [1.54, 1.807) is 36.4 Å². The highest BCUT2D eigenvalue weighted by molar-refractivity contribution is 6.36. The number of aromatic nitrogens is 1. The van der Waals surface area contributed by atoms with Crippen molar-refractivity contribution in [3.05, 3.63) is 65.5 Å². The zero-order chi connectivity index (χ0) is 19.4. The van der Waals surface area contributed by atoms with Gasteiger partial charge in [0.05, 0.1) is 22.5 Å². The normalized spacial score (nSPS) is 27.4. The molecule has 2 bridgehead atoms. The third kappa shape index (κ3) is 2.48. The van der Waals surface area contributed by atoms with Gasteiger partial charge in [0.25, 0.3) is 5.91 Å². The van der Waals surface area contributed by atoms with Crippen molar-refractivity contribution in [3.63, 3.8) is 0 Å². The second-order valence-electron chi connectivity index (χ2n) is 7.35. The van der Waals surface area contributed by atoms with Crippen LogP contribution in [0.2, 0.25) is 5.02 Å². The second-order valence-corrected chi connectivity index (χ2v) is 7.75. The van der Waals surface area contributed by atoms with Crippen LogP contribution in [0.15, 0.2) is 54.7 Å². The third-order valence-corrected chi connectivity index (χ3v) is 6.12. The minimum atomic E-state index is -0.366. The van der Waals surface area contributed by atoms with E-state index in [-0.39, 0.29) is 52.1 Å². The molecule has 5 rings (SSSR count). The summed E-state index contributed by atoms with van der Waals surface area (Å²) >= 11 is 6.39. The van der Waals surface area contributed by atoms with Gasteiger partial charge in [-0.05, 0) is 48.6 Å². The number of carbonyl (C=O) groups is 3. The fourth-order valence-corrected chi connectivity index (χ4v) is 4.86. The molecule has 140 valence electrons. The number of rotatable bonds is 3. The Kier molecular flexibility index (Phi) is 3.84. The van der Waals surface area contributed by atoms with Crippen LogP contribution in [0.1, 0.15) is 16.9 Å². The Morgan fingerprint density at radius 2 is 1.79 bits per heavy atom. The van der Waals surface area contributed by atoms with Gasteiger partial charge in [-0.1, -0.05) is 29.8 Å². The number of carbonyl (C=O) groups excluding carboxylic acids is 3. The number of halogens is 1. The number of imide groups is 1. The fraction of sp³-hybridized carbons (Fsp3) is 0.238. The molecule has 0 radical (unpaired) electrons. The third-order valence-electron chi connectivity index (χ3n) is 5.81. The predicted molar refractivity (Wildman–Crippen MR) is 104 cm³/mol. The van der Waals surface area contributed by atoms with Crippen LogP contribution in [-0.4, -0.2) is 22.7 Å². The summed E-state index contributed by atoms with van der Waals surface area (Å²) in [5, 5.41) is 2.96. The van der Waals surface area contributed by atoms with Crippen molar-refractivity contribution in [2.75, 3.05) is 10.2 Å². The van der Waals surface area contributed by atoms with E-state index in [0.717, 1.165) is 6.42 Å². The quantitative estimate of drug-likeness (QED) is 0.641. The number of hydrogen-bond acceptors (Lipinski definition) is 4. The zero-order valence-corrected chi connectivity index (χ0v) is 15.5. The minimum Gasteiger partial charge on any atom is -0.321 e. The summed E-state index contributed by atoms with van der Waals surface area (Å²) in [6.07, 6.45) is 6.53. The number of nitrogens with one attached hydrogen (secondary N) is 1. The Bertz CT molecular complexity index is 1010. The summed E-state index contributed by atoms with van der Waals surface area (Å²) in [5.74, 6) is -0.989. The summed E-state index contributed by atoms with van der Waals surface area (Å²) in [6.45, 7) is 0. The fourth-order valence-electron chi connectivity index (χ4n) is 4.60. The number of hydrogen-bond donors (Lipinski definition) is 1. The van der Waals surface area contributed by atoms with Crippen molar-refractivity contribution in [3.8, 4) is 0 Å². The highest BCUT2D eigenvalue weighted by Crippen LogP contribution is 2.53. The molecule has 3 aliphatic rings. The molecule has 1 aliphatic heterocycles. The number of allylic oxidation sites excluding steroid dienone is 2. The largest absolute Gasteiger partial charge is 0.321 e. The van der Waals surface area contributed by atoms with E-state index < -0.39 is 0 Å². The molecule has 1 saturated carbocycles. The molecular weight excluding hydrogens is 378 g/mol. The molecule has 2 heterocycles. The first-order valence-electron chi connectivity index (χ1n) is 9.12. The molecular formula is C21H16ClN3O3. The Morgan fingerprint density at radius 3 is 2.39 bits per heavy atom. The first kappa shape index (κ1) is 17.1. The van der Waals surface area contributed by atoms with Crippen LogP contribution in [0.5, 0.6) is 0 Å². The van der Waals surface area contributed by atoms with Crippen LogP contribution in [-0.2, 0) is 9.59 Å². The molecule has 4 atom stereocenters. The maximum atomic E-state index is 12.9.